The Balaban J connectivity index is 2.22. The third-order valence-electron chi connectivity index (χ3n) is 7.55. The van der Waals surface area contributed by atoms with Gasteiger partial charge in [-0.1, -0.05) is 128 Å². The first-order chi connectivity index (χ1) is 15.4. The minimum absolute atomic E-state index is 0.114. The van der Waals surface area contributed by atoms with Gasteiger partial charge >= 0.3 is 0 Å². The number of rotatable bonds is 3. The highest BCUT2D eigenvalue weighted by Crippen LogP contribution is 2.46. The fraction of sp³-hybridized carbons (Fsp3) is 0.500. The highest BCUT2D eigenvalue weighted by Gasteiger charge is 2.41. The van der Waals surface area contributed by atoms with Crippen LogP contribution in [0.2, 0.25) is 39.3 Å². The molecule has 2 aliphatic rings. The first-order valence-corrected chi connectivity index (χ1v) is 20.2. The summed E-state index contributed by atoms with van der Waals surface area (Å²) in [4.78, 5) is 0. The highest BCUT2D eigenvalue weighted by atomic mass is 28.3. The van der Waals surface area contributed by atoms with Gasteiger partial charge in [0.15, 0.2) is 0 Å². The molecule has 0 heterocycles. The van der Waals surface area contributed by atoms with E-state index in [1.54, 1.807) is 38.2 Å². The van der Waals surface area contributed by atoms with Crippen LogP contribution in [0.15, 0.2) is 36.4 Å². The van der Waals surface area contributed by atoms with Crippen LogP contribution >= 0.6 is 0 Å². The van der Waals surface area contributed by atoms with Crippen molar-refractivity contribution in [2.45, 2.75) is 104 Å². The number of hydrogen-bond acceptors (Lipinski definition) is 0. The van der Waals surface area contributed by atoms with Crippen molar-refractivity contribution >= 4 is 32.1 Å². The lowest BCUT2D eigenvalue weighted by atomic mass is 9.78. The van der Waals surface area contributed by atoms with Crippen LogP contribution in [0, 0.1) is 0 Å². The lowest BCUT2D eigenvalue weighted by Gasteiger charge is -2.39. The molecule has 0 fully saturated rings. The molecule has 0 amide bonds. The van der Waals surface area contributed by atoms with Gasteiger partial charge < -0.3 is 0 Å². The highest BCUT2D eigenvalue weighted by molar-refractivity contribution is 6.99. The third-order valence-corrected chi connectivity index (χ3v) is 11.8. The molecular formula is C32H46Si2. The van der Waals surface area contributed by atoms with Gasteiger partial charge in [0.05, 0.1) is 16.1 Å². The molecule has 0 saturated heterocycles. The van der Waals surface area contributed by atoms with E-state index >= 15 is 0 Å². The Bertz CT molecular complexity index is 1210. The standard InChI is InChI=1S/C32H46Si2/c1-31(2,3)23-17-18-24-22(19-23)20-25-26(21-15-13-14-16-21)28(32(4,5)6)30(34(10,11)12)29(27(24)25)33(7,8)9/h13-15,17-19H,16,20H2,1-12H3. The van der Waals surface area contributed by atoms with E-state index < -0.39 is 16.1 Å². The Hall–Kier alpha value is -1.65. The average Bonchev–Trinajstić information content (AvgIpc) is 3.30. The van der Waals surface area contributed by atoms with Crippen LogP contribution in [-0.2, 0) is 17.3 Å². The zero-order valence-electron chi connectivity index (χ0n) is 23.9. The SMILES string of the molecule is CC(C)(C)c1ccc2c(c1)Cc1c(C3=CC=CC3)c(C(C)(C)C)c([Si](C)(C)C)c([Si](C)(C)C)c1-2. The smallest absolute Gasteiger partial charge is 0.0782 e. The molecule has 2 aromatic rings. The van der Waals surface area contributed by atoms with E-state index in [4.69, 9.17) is 0 Å². The fourth-order valence-electron chi connectivity index (χ4n) is 6.15. The summed E-state index contributed by atoms with van der Waals surface area (Å²) in [6.07, 6.45) is 9.16. The fourth-order valence-corrected chi connectivity index (χ4v) is 12.4. The van der Waals surface area contributed by atoms with E-state index in [1.165, 1.54) is 16.7 Å². The average molecular weight is 487 g/mol. The van der Waals surface area contributed by atoms with Crippen LogP contribution in [0.5, 0.6) is 0 Å². The molecule has 0 spiro atoms. The zero-order valence-corrected chi connectivity index (χ0v) is 25.9. The molecule has 0 aliphatic heterocycles. The molecule has 0 unspecified atom stereocenters. The summed E-state index contributed by atoms with van der Waals surface area (Å²) in [5.74, 6) is 0. The molecule has 0 bridgehead atoms. The number of benzene rings is 2. The quantitative estimate of drug-likeness (QED) is 0.327. The van der Waals surface area contributed by atoms with E-state index in [0.29, 0.717) is 0 Å². The van der Waals surface area contributed by atoms with Crippen LogP contribution in [0.3, 0.4) is 0 Å². The topological polar surface area (TPSA) is 0 Å². The van der Waals surface area contributed by atoms with Gasteiger partial charge in [-0.3, -0.25) is 0 Å². The van der Waals surface area contributed by atoms with Crippen molar-refractivity contribution in [1.82, 2.24) is 0 Å². The van der Waals surface area contributed by atoms with E-state index in [1.807, 2.05) is 0 Å². The molecule has 2 aliphatic carbocycles. The minimum atomic E-state index is -1.64. The Morgan fingerprint density at radius 3 is 1.82 bits per heavy atom. The van der Waals surface area contributed by atoms with Gasteiger partial charge in [0.1, 0.15) is 0 Å². The minimum Gasteiger partial charge on any atom is -0.0801 e. The van der Waals surface area contributed by atoms with E-state index in [2.05, 4.69) is 117 Å². The van der Waals surface area contributed by atoms with Crippen LogP contribution in [0.4, 0.5) is 0 Å². The molecule has 2 aromatic carbocycles. The van der Waals surface area contributed by atoms with Crippen LogP contribution in [-0.4, -0.2) is 16.1 Å². The van der Waals surface area contributed by atoms with Crippen molar-refractivity contribution in [1.29, 1.82) is 0 Å². The lowest BCUT2D eigenvalue weighted by molar-refractivity contribution is 0.589. The second-order valence-corrected chi connectivity index (χ2v) is 24.7. The molecule has 2 heteroatoms. The monoisotopic (exact) mass is 486 g/mol. The van der Waals surface area contributed by atoms with Crippen molar-refractivity contribution in [2.75, 3.05) is 0 Å². The summed E-state index contributed by atoms with van der Waals surface area (Å²) in [6, 6.07) is 7.41. The van der Waals surface area contributed by atoms with Crippen LogP contribution in [0.1, 0.15) is 75.8 Å². The summed E-state index contributed by atoms with van der Waals surface area (Å²) in [7, 11) is -3.28. The molecule has 0 N–H and O–H groups in total. The number of allylic oxidation sites excluding steroid dienone is 4. The maximum Gasteiger partial charge on any atom is 0.0782 e. The Kier molecular flexibility index (Phi) is 5.94. The predicted octanol–water partition coefficient (Wildman–Crippen LogP) is 8.29. The van der Waals surface area contributed by atoms with E-state index in [0.717, 1.165) is 12.8 Å². The molecule has 0 aromatic heterocycles. The molecule has 0 atom stereocenters. The second-order valence-electron chi connectivity index (χ2n) is 14.7. The summed E-state index contributed by atoms with van der Waals surface area (Å²) < 4.78 is 0. The van der Waals surface area contributed by atoms with Crippen molar-refractivity contribution in [3.05, 3.63) is 64.2 Å². The summed E-state index contributed by atoms with van der Waals surface area (Å²) in [5, 5.41) is 3.54. The second kappa shape index (κ2) is 7.93. The predicted molar refractivity (Wildman–Crippen MR) is 160 cm³/mol. The maximum atomic E-state index is 2.58. The number of hydrogen-bond donors (Lipinski definition) is 0. The molecule has 182 valence electrons. The summed E-state index contributed by atoms with van der Waals surface area (Å²) in [6.45, 7) is 29.9. The van der Waals surface area contributed by atoms with Gasteiger partial charge in [0.25, 0.3) is 0 Å². The van der Waals surface area contributed by atoms with E-state index in [9.17, 15) is 0 Å². The van der Waals surface area contributed by atoms with Crippen LogP contribution < -0.4 is 10.4 Å². The summed E-state index contributed by atoms with van der Waals surface area (Å²) >= 11 is 0. The first kappa shape index (κ1) is 25.4. The van der Waals surface area contributed by atoms with Crippen LogP contribution in [0.25, 0.3) is 16.7 Å². The first-order valence-electron chi connectivity index (χ1n) is 13.2. The van der Waals surface area contributed by atoms with Gasteiger partial charge in [-0.15, -0.1) is 0 Å². The van der Waals surface area contributed by atoms with Gasteiger partial charge in [-0.2, -0.15) is 0 Å². The molecule has 34 heavy (non-hydrogen) atoms. The number of fused-ring (bicyclic) bond motifs is 3. The summed E-state index contributed by atoms with van der Waals surface area (Å²) in [5.41, 5.74) is 12.9. The van der Waals surface area contributed by atoms with Gasteiger partial charge in [0, 0.05) is 0 Å². The normalized spacial score (nSPS) is 16.1. The molecule has 4 rings (SSSR count). The largest absolute Gasteiger partial charge is 0.0801 e. The van der Waals surface area contributed by atoms with Gasteiger partial charge in [0.2, 0.25) is 0 Å². The molecule has 0 saturated carbocycles. The Labute approximate surface area is 211 Å². The van der Waals surface area contributed by atoms with E-state index in [-0.39, 0.29) is 10.8 Å². The van der Waals surface area contributed by atoms with Crippen molar-refractivity contribution in [3.63, 3.8) is 0 Å². The van der Waals surface area contributed by atoms with Crippen molar-refractivity contribution in [2.24, 2.45) is 0 Å². The molecule has 0 nitrogen and oxygen atoms in total. The van der Waals surface area contributed by atoms with Gasteiger partial charge in [-0.05, 0) is 68.2 Å². The lowest BCUT2D eigenvalue weighted by Crippen LogP contribution is -2.60. The zero-order chi connectivity index (χ0) is 25.4. The maximum absolute atomic E-state index is 2.58. The van der Waals surface area contributed by atoms with Gasteiger partial charge in [-0.25, -0.2) is 0 Å². The Morgan fingerprint density at radius 2 is 1.35 bits per heavy atom. The molecule has 0 radical (unpaired) electrons. The Morgan fingerprint density at radius 1 is 0.735 bits per heavy atom. The third kappa shape index (κ3) is 4.26. The van der Waals surface area contributed by atoms with Crippen molar-refractivity contribution < 1.29 is 0 Å². The molecular weight excluding hydrogens is 441 g/mol. The van der Waals surface area contributed by atoms with Crippen molar-refractivity contribution in [3.8, 4) is 11.1 Å².